The number of benzene rings is 5. The van der Waals surface area contributed by atoms with Crippen LogP contribution in [0.1, 0.15) is 36.5 Å². The Morgan fingerprint density at radius 3 is 2.26 bits per heavy atom. The molecular weight excluding hydrogens is 476 g/mol. The summed E-state index contributed by atoms with van der Waals surface area (Å²) in [5.74, 6) is 1.37. The van der Waals surface area contributed by atoms with Gasteiger partial charge in [0.15, 0.2) is 0 Å². The third-order valence-electron chi connectivity index (χ3n) is 7.86. The molecule has 2 heterocycles. The molecule has 0 saturated heterocycles. The summed E-state index contributed by atoms with van der Waals surface area (Å²) in [5, 5.41) is 3.48. The Balaban J connectivity index is 1.45. The van der Waals surface area contributed by atoms with Crippen LogP contribution >= 0.6 is 0 Å². The number of aryl methyl sites for hydroxylation is 2. The molecule has 3 heteroatoms. The molecule has 0 radical (unpaired) electrons. The number of hydrogen-bond acceptors (Lipinski definition) is 2. The van der Waals surface area contributed by atoms with Crippen molar-refractivity contribution < 1.29 is 4.42 Å². The van der Waals surface area contributed by atoms with Gasteiger partial charge in [-0.2, -0.15) is 0 Å². The van der Waals surface area contributed by atoms with Gasteiger partial charge in [-0.05, 0) is 94.8 Å². The fourth-order valence-electron chi connectivity index (χ4n) is 5.92. The highest BCUT2D eigenvalue weighted by Gasteiger charge is 2.20. The Kier molecular flexibility index (Phi) is 5.41. The van der Waals surface area contributed by atoms with Crippen molar-refractivity contribution in [3.05, 3.63) is 120 Å². The molecule has 0 aliphatic heterocycles. The highest BCUT2D eigenvalue weighted by Crippen LogP contribution is 2.38. The second kappa shape index (κ2) is 8.99. The minimum Gasteiger partial charge on any atom is -0.464 e. The largest absolute Gasteiger partial charge is 0.464 e. The molecule has 0 aliphatic rings. The van der Waals surface area contributed by atoms with Gasteiger partial charge >= 0.3 is 0 Å². The number of imidazole rings is 1. The standard InChI is InChI=1S/C36H30N2O/c1-22(2)26-14-15-27-19-30-31(21-39-34(30)20-28(27)18-26)36-37-32-12-8-9-13-33(32)38(36)29-16-23(3)35(24(4)17-29)25-10-6-5-7-11-25/h5-22H,1-4H3. The van der Waals surface area contributed by atoms with E-state index < -0.39 is 0 Å². The van der Waals surface area contributed by atoms with E-state index in [1.165, 1.54) is 38.6 Å². The predicted octanol–water partition coefficient (Wildman–Crippen LogP) is 10.00. The van der Waals surface area contributed by atoms with Crippen molar-refractivity contribution in [2.24, 2.45) is 0 Å². The molecule has 0 amide bonds. The van der Waals surface area contributed by atoms with Crippen LogP contribution in [0.25, 0.3) is 61.0 Å². The van der Waals surface area contributed by atoms with Gasteiger partial charge in [-0.25, -0.2) is 4.98 Å². The molecule has 0 unspecified atom stereocenters. The molecule has 39 heavy (non-hydrogen) atoms. The van der Waals surface area contributed by atoms with Crippen molar-refractivity contribution in [1.82, 2.24) is 9.55 Å². The third kappa shape index (κ3) is 3.85. The fourth-order valence-corrected chi connectivity index (χ4v) is 5.92. The van der Waals surface area contributed by atoms with Gasteiger partial charge in [-0.3, -0.25) is 4.57 Å². The lowest BCUT2D eigenvalue weighted by molar-refractivity contribution is 0.617. The van der Waals surface area contributed by atoms with Crippen molar-refractivity contribution in [2.45, 2.75) is 33.6 Å². The van der Waals surface area contributed by atoms with Crippen LogP contribution in [0.2, 0.25) is 0 Å². The summed E-state index contributed by atoms with van der Waals surface area (Å²) in [6.07, 6.45) is 1.86. The quantitative estimate of drug-likeness (QED) is 0.238. The molecule has 0 fully saturated rings. The minimum atomic E-state index is 0.484. The van der Waals surface area contributed by atoms with Crippen LogP contribution in [0.4, 0.5) is 0 Å². The predicted molar refractivity (Wildman–Crippen MR) is 163 cm³/mol. The molecular formula is C36H30N2O. The normalized spacial score (nSPS) is 11.8. The molecule has 2 aromatic heterocycles. The molecule has 0 saturated carbocycles. The Morgan fingerprint density at radius 1 is 0.744 bits per heavy atom. The van der Waals surface area contributed by atoms with Crippen LogP contribution in [0, 0.1) is 13.8 Å². The second-order valence-corrected chi connectivity index (χ2v) is 10.8. The Bertz CT molecular complexity index is 1980. The minimum absolute atomic E-state index is 0.484. The number of para-hydroxylation sites is 2. The smallest absolute Gasteiger partial charge is 0.149 e. The van der Waals surface area contributed by atoms with Crippen LogP contribution in [-0.4, -0.2) is 9.55 Å². The summed E-state index contributed by atoms with van der Waals surface area (Å²) in [7, 11) is 0. The Labute approximate surface area is 228 Å². The first-order chi connectivity index (χ1) is 19.0. The summed E-state index contributed by atoms with van der Waals surface area (Å²) < 4.78 is 8.45. The van der Waals surface area contributed by atoms with Crippen LogP contribution in [0.3, 0.4) is 0 Å². The van der Waals surface area contributed by atoms with E-state index in [1.54, 1.807) is 0 Å². The lowest BCUT2D eigenvalue weighted by atomic mass is 9.95. The lowest BCUT2D eigenvalue weighted by Gasteiger charge is -2.16. The van der Waals surface area contributed by atoms with E-state index in [-0.39, 0.29) is 0 Å². The first-order valence-electron chi connectivity index (χ1n) is 13.6. The summed E-state index contributed by atoms with van der Waals surface area (Å²) in [5.41, 5.74) is 11.4. The molecule has 7 rings (SSSR count). The van der Waals surface area contributed by atoms with Gasteiger partial charge in [0.05, 0.1) is 16.6 Å². The summed E-state index contributed by atoms with van der Waals surface area (Å²) in [6.45, 7) is 8.85. The number of furan rings is 1. The van der Waals surface area contributed by atoms with Gasteiger partial charge in [0.2, 0.25) is 0 Å². The maximum Gasteiger partial charge on any atom is 0.149 e. The SMILES string of the molecule is Cc1cc(-n2c(-c3coc4cc5cc(C(C)C)ccc5cc34)nc3ccccc32)cc(C)c1-c1ccccc1. The Hall–Kier alpha value is -4.63. The zero-order chi connectivity index (χ0) is 26.7. The zero-order valence-electron chi connectivity index (χ0n) is 22.7. The van der Waals surface area contributed by atoms with E-state index >= 15 is 0 Å². The average Bonchev–Trinajstić information content (AvgIpc) is 3.52. The van der Waals surface area contributed by atoms with Crippen LogP contribution in [0.5, 0.6) is 0 Å². The molecule has 0 aliphatic carbocycles. The second-order valence-electron chi connectivity index (χ2n) is 10.8. The molecule has 0 atom stereocenters. The van der Waals surface area contributed by atoms with E-state index in [2.05, 4.69) is 123 Å². The van der Waals surface area contributed by atoms with Gasteiger partial charge in [0.25, 0.3) is 0 Å². The first kappa shape index (κ1) is 23.5. The van der Waals surface area contributed by atoms with Crippen molar-refractivity contribution >= 4 is 32.8 Å². The number of aromatic nitrogens is 2. The van der Waals surface area contributed by atoms with Gasteiger partial charge in [-0.1, -0.05) is 74.5 Å². The number of rotatable bonds is 4. The monoisotopic (exact) mass is 506 g/mol. The van der Waals surface area contributed by atoms with E-state index in [9.17, 15) is 0 Å². The van der Waals surface area contributed by atoms with Crippen LogP contribution < -0.4 is 0 Å². The summed E-state index contributed by atoms with van der Waals surface area (Å²) in [6, 6.07) is 34.7. The lowest BCUT2D eigenvalue weighted by Crippen LogP contribution is -2.00. The Morgan fingerprint density at radius 2 is 1.49 bits per heavy atom. The molecule has 5 aromatic carbocycles. The van der Waals surface area contributed by atoms with Gasteiger partial charge in [0.1, 0.15) is 17.7 Å². The molecule has 0 N–H and O–H groups in total. The van der Waals surface area contributed by atoms with Gasteiger partial charge in [-0.15, -0.1) is 0 Å². The van der Waals surface area contributed by atoms with Crippen molar-refractivity contribution in [1.29, 1.82) is 0 Å². The summed E-state index contributed by atoms with van der Waals surface area (Å²) in [4.78, 5) is 5.14. The summed E-state index contributed by atoms with van der Waals surface area (Å²) >= 11 is 0. The molecule has 0 spiro atoms. The van der Waals surface area contributed by atoms with E-state index in [4.69, 9.17) is 9.40 Å². The van der Waals surface area contributed by atoms with Crippen LogP contribution in [-0.2, 0) is 0 Å². The van der Waals surface area contributed by atoms with Crippen LogP contribution in [0.15, 0.2) is 108 Å². The van der Waals surface area contributed by atoms with Crippen molar-refractivity contribution in [3.63, 3.8) is 0 Å². The fraction of sp³-hybridized carbons (Fsp3) is 0.139. The zero-order valence-corrected chi connectivity index (χ0v) is 22.7. The molecule has 3 nitrogen and oxygen atoms in total. The van der Waals surface area contributed by atoms with E-state index in [0.29, 0.717) is 5.92 Å². The third-order valence-corrected chi connectivity index (χ3v) is 7.86. The topological polar surface area (TPSA) is 31.0 Å². The number of fused-ring (bicyclic) bond motifs is 3. The average molecular weight is 507 g/mol. The molecule has 7 aromatic rings. The van der Waals surface area contributed by atoms with E-state index in [0.717, 1.165) is 39.1 Å². The maximum atomic E-state index is 6.17. The molecule has 0 bridgehead atoms. The van der Waals surface area contributed by atoms with Gasteiger partial charge in [0, 0.05) is 11.1 Å². The van der Waals surface area contributed by atoms with Gasteiger partial charge < -0.3 is 4.42 Å². The van der Waals surface area contributed by atoms with E-state index in [1.807, 2.05) is 12.3 Å². The highest BCUT2D eigenvalue weighted by molar-refractivity contribution is 6.03. The first-order valence-corrected chi connectivity index (χ1v) is 13.6. The molecule has 190 valence electrons. The highest BCUT2D eigenvalue weighted by atomic mass is 16.3. The number of hydrogen-bond donors (Lipinski definition) is 0. The maximum absolute atomic E-state index is 6.17. The van der Waals surface area contributed by atoms with Crippen molar-refractivity contribution in [2.75, 3.05) is 0 Å². The van der Waals surface area contributed by atoms with Crippen molar-refractivity contribution in [3.8, 4) is 28.2 Å². The number of nitrogens with zero attached hydrogens (tertiary/aromatic N) is 2.